The first-order chi connectivity index (χ1) is 10.1. The number of halogens is 1. The number of nitrogen functional groups attached to an aromatic ring is 1. The van der Waals surface area contributed by atoms with Crippen LogP contribution in [0.4, 0.5) is 4.39 Å². The van der Waals surface area contributed by atoms with Crippen molar-refractivity contribution >= 4 is 10.9 Å². The summed E-state index contributed by atoms with van der Waals surface area (Å²) in [5, 5.41) is 0.173. The maximum atomic E-state index is 13.2. The molecule has 0 atom stereocenters. The van der Waals surface area contributed by atoms with Gasteiger partial charge in [-0.25, -0.2) is 14.1 Å². The Morgan fingerprint density at radius 3 is 2.57 bits per heavy atom. The Kier molecular flexibility index (Phi) is 3.17. The van der Waals surface area contributed by atoms with Crippen LogP contribution in [-0.4, -0.2) is 9.66 Å². The predicted molar refractivity (Wildman–Crippen MR) is 80.9 cm³/mol. The fraction of sp³-hybridized carbons (Fsp3) is 0.125. The normalized spacial score (nSPS) is 11.0. The molecule has 2 aromatic carbocycles. The summed E-state index contributed by atoms with van der Waals surface area (Å²) >= 11 is 0. The third-order valence-electron chi connectivity index (χ3n) is 3.48. The van der Waals surface area contributed by atoms with Crippen LogP contribution >= 0.6 is 0 Å². The summed E-state index contributed by atoms with van der Waals surface area (Å²) in [5.74, 6) is 5.70. The molecule has 0 aliphatic carbocycles. The smallest absolute Gasteiger partial charge is 0.280 e. The van der Waals surface area contributed by atoms with E-state index in [4.69, 9.17) is 5.84 Å². The van der Waals surface area contributed by atoms with Crippen molar-refractivity contribution in [3.8, 4) is 11.4 Å². The Labute approximate surface area is 120 Å². The van der Waals surface area contributed by atoms with Gasteiger partial charge in [0.15, 0.2) is 5.82 Å². The van der Waals surface area contributed by atoms with Crippen LogP contribution in [0.3, 0.4) is 0 Å². The summed E-state index contributed by atoms with van der Waals surface area (Å²) in [6.45, 7) is 2.07. The van der Waals surface area contributed by atoms with Gasteiger partial charge in [-0.05, 0) is 30.2 Å². The number of aryl methyl sites for hydroxylation is 1. The quantitative estimate of drug-likeness (QED) is 0.735. The van der Waals surface area contributed by atoms with Gasteiger partial charge in [0.2, 0.25) is 0 Å². The van der Waals surface area contributed by atoms with Crippen LogP contribution in [0.25, 0.3) is 22.3 Å². The van der Waals surface area contributed by atoms with Crippen LogP contribution in [0.5, 0.6) is 0 Å². The Hall–Kier alpha value is -2.69. The third-order valence-corrected chi connectivity index (χ3v) is 3.48. The molecule has 1 heterocycles. The van der Waals surface area contributed by atoms with E-state index in [-0.39, 0.29) is 5.39 Å². The second-order valence-corrected chi connectivity index (χ2v) is 4.82. The molecule has 5 heteroatoms. The molecule has 0 unspecified atom stereocenters. The van der Waals surface area contributed by atoms with Gasteiger partial charge in [0.05, 0.1) is 10.9 Å². The van der Waals surface area contributed by atoms with Crippen LogP contribution < -0.4 is 11.4 Å². The van der Waals surface area contributed by atoms with Crippen molar-refractivity contribution in [3.63, 3.8) is 0 Å². The molecular formula is C16H14FN3O. The molecule has 0 aliphatic heterocycles. The lowest BCUT2D eigenvalue weighted by Crippen LogP contribution is -2.30. The van der Waals surface area contributed by atoms with Crippen molar-refractivity contribution in [2.24, 2.45) is 0 Å². The highest BCUT2D eigenvalue weighted by Gasteiger charge is 2.11. The summed E-state index contributed by atoms with van der Waals surface area (Å²) < 4.78 is 14.2. The number of rotatable bonds is 2. The van der Waals surface area contributed by atoms with Gasteiger partial charge in [-0.15, -0.1) is 0 Å². The number of benzene rings is 2. The monoisotopic (exact) mass is 283 g/mol. The standard InChI is InChI=1S/C16H14FN3O/c1-2-10-3-5-11(6-4-10)15-19-14-8-7-12(17)9-13(14)16(21)20(15)18/h3-9H,2,18H2,1H3. The van der Waals surface area contributed by atoms with Crippen LogP contribution in [0, 0.1) is 5.82 Å². The van der Waals surface area contributed by atoms with E-state index in [1.807, 2.05) is 24.3 Å². The second kappa shape index (κ2) is 5.01. The van der Waals surface area contributed by atoms with Crippen molar-refractivity contribution in [2.45, 2.75) is 13.3 Å². The van der Waals surface area contributed by atoms with E-state index in [0.717, 1.165) is 22.7 Å². The lowest BCUT2D eigenvalue weighted by atomic mass is 10.1. The molecule has 0 fully saturated rings. The summed E-state index contributed by atoms with van der Waals surface area (Å²) in [5.41, 5.74) is 1.90. The van der Waals surface area contributed by atoms with Gasteiger partial charge in [-0.3, -0.25) is 4.79 Å². The van der Waals surface area contributed by atoms with Gasteiger partial charge in [-0.2, -0.15) is 0 Å². The first-order valence-electron chi connectivity index (χ1n) is 6.67. The molecule has 0 saturated carbocycles. The lowest BCUT2D eigenvalue weighted by molar-refractivity contribution is 0.629. The zero-order valence-electron chi connectivity index (χ0n) is 11.5. The van der Waals surface area contributed by atoms with Gasteiger partial charge in [0, 0.05) is 5.56 Å². The molecule has 0 bridgehead atoms. The van der Waals surface area contributed by atoms with Gasteiger partial charge in [0.25, 0.3) is 5.56 Å². The van der Waals surface area contributed by atoms with Gasteiger partial charge in [-0.1, -0.05) is 31.2 Å². The maximum Gasteiger partial charge on any atom is 0.280 e. The van der Waals surface area contributed by atoms with Crippen LogP contribution in [-0.2, 0) is 6.42 Å². The van der Waals surface area contributed by atoms with Gasteiger partial charge >= 0.3 is 0 Å². The van der Waals surface area contributed by atoms with E-state index in [9.17, 15) is 9.18 Å². The van der Waals surface area contributed by atoms with Crippen LogP contribution in [0.15, 0.2) is 47.3 Å². The van der Waals surface area contributed by atoms with E-state index < -0.39 is 11.4 Å². The molecule has 106 valence electrons. The molecule has 0 aliphatic rings. The van der Waals surface area contributed by atoms with Gasteiger partial charge < -0.3 is 5.84 Å². The zero-order chi connectivity index (χ0) is 15.0. The number of hydrogen-bond acceptors (Lipinski definition) is 3. The second-order valence-electron chi connectivity index (χ2n) is 4.82. The van der Waals surface area contributed by atoms with E-state index in [1.165, 1.54) is 17.7 Å². The minimum atomic E-state index is -0.485. The third kappa shape index (κ3) is 2.27. The largest absolute Gasteiger partial charge is 0.334 e. The summed E-state index contributed by atoms with van der Waals surface area (Å²) in [7, 11) is 0. The van der Waals surface area contributed by atoms with Gasteiger partial charge in [0.1, 0.15) is 5.82 Å². The zero-order valence-corrected chi connectivity index (χ0v) is 11.5. The lowest BCUT2D eigenvalue weighted by Gasteiger charge is -2.09. The molecule has 1 aromatic heterocycles. The van der Waals surface area contributed by atoms with Crippen LogP contribution in [0.1, 0.15) is 12.5 Å². The Morgan fingerprint density at radius 1 is 1.19 bits per heavy atom. The Morgan fingerprint density at radius 2 is 1.90 bits per heavy atom. The molecule has 0 saturated heterocycles. The van der Waals surface area contributed by atoms with Crippen molar-refractivity contribution in [2.75, 3.05) is 5.84 Å². The highest BCUT2D eigenvalue weighted by molar-refractivity contribution is 5.79. The molecule has 21 heavy (non-hydrogen) atoms. The van der Waals surface area contributed by atoms with Crippen LogP contribution in [0.2, 0.25) is 0 Å². The number of nitrogens with zero attached hydrogens (tertiary/aromatic N) is 2. The van der Waals surface area contributed by atoms with Crippen molar-refractivity contribution in [1.82, 2.24) is 9.66 Å². The summed E-state index contributed by atoms with van der Waals surface area (Å²) in [6.07, 6.45) is 0.931. The predicted octanol–water partition coefficient (Wildman–Crippen LogP) is 2.48. The summed E-state index contributed by atoms with van der Waals surface area (Å²) in [6, 6.07) is 11.6. The Balaban J connectivity index is 2.25. The van der Waals surface area contributed by atoms with E-state index in [2.05, 4.69) is 11.9 Å². The summed E-state index contributed by atoms with van der Waals surface area (Å²) in [4.78, 5) is 16.6. The number of nitrogens with two attached hydrogens (primary N) is 1. The molecule has 0 spiro atoms. The van der Waals surface area contributed by atoms with Crippen molar-refractivity contribution in [3.05, 3.63) is 64.2 Å². The van der Waals surface area contributed by atoms with Crippen molar-refractivity contribution < 1.29 is 4.39 Å². The average molecular weight is 283 g/mol. The molecule has 4 nitrogen and oxygen atoms in total. The van der Waals surface area contributed by atoms with E-state index >= 15 is 0 Å². The highest BCUT2D eigenvalue weighted by atomic mass is 19.1. The number of aromatic nitrogens is 2. The highest BCUT2D eigenvalue weighted by Crippen LogP contribution is 2.19. The fourth-order valence-electron chi connectivity index (χ4n) is 2.26. The maximum absolute atomic E-state index is 13.2. The fourth-order valence-corrected chi connectivity index (χ4v) is 2.26. The first kappa shape index (κ1) is 13.3. The molecule has 2 N–H and O–H groups in total. The molecule has 0 radical (unpaired) electrons. The molecule has 3 rings (SSSR count). The average Bonchev–Trinajstić information content (AvgIpc) is 2.51. The SMILES string of the molecule is CCc1ccc(-c2nc3ccc(F)cc3c(=O)n2N)cc1. The molecular weight excluding hydrogens is 269 g/mol. The number of fused-ring (bicyclic) bond motifs is 1. The Bertz CT molecular complexity index is 869. The topological polar surface area (TPSA) is 60.9 Å². The minimum absolute atomic E-state index is 0.173. The molecule has 0 amide bonds. The van der Waals surface area contributed by atoms with Crippen molar-refractivity contribution in [1.29, 1.82) is 0 Å². The van der Waals surface area contributed by atoms with E-state index in [0.29, 0.717) is 11.3 Å². The molecule has 3 aromatic rings. The minimum Gasteiger partial charge on any atom is -0.334 e. The first-order valence-corrected chi connectivity index (χ1v) is 6.67. The van der Waals surface area contributed by atoms with E-state index in [1.54, 1.807) is 0 Å². The number of hydrogen-bond donors (Lipinski definition) is 1.